The number of hydrogen-bond donors (Lipinski definition) is 2. The summed E-state index contributed by atoms with van der Waals surface area (Å²) in [6.45, 7) is 3.62. The monoisotopic (exact) mass is 277 g/mol. The molecule has 4 nitrogen and oxygen atoms in total. The van der Waals surface area contributed by atoms with Gasteiger partial charge in [-0.25, -0.2) is 0 Å². The van der Waals surface area contributed by atoms with Crippen molar-refractivity contribution in [3.63, 3.8) is 0 Å². The first-order valence-electron chi connectivity index (χ1n) is 7.41. The highest BCUT2D eigenvalue weighted by molar-refractivity contribution is 5.76. The van der Waals surface area contributed by atoms with Gasteiger partial charge in [-0.1, -0.05) is 19.8 Å². The fraction of sp³-hybridized carbons (Fsp3) is 0.562. The average molecular weight is 277 g/mol. The molecule has 0 unspecified atom stereocenters. The minimum Gasteiger partial charge on any atom is -0.385 e. The van der Waals surface area contributed by atoms with Gasteiger partial charge in [-0.3, -0.25) is 4.79 Å². The Labute approximate surface area is 122 Å². The van der Waals surface area contributed by atoms with Crippen LogP contribution in [0.4, 0.5) is 11.4 Å². The van der Waals surface area contributed by atoms with Gasteiger partial charge in [0.15, 0.2) is 0 Å². The van der Waals surface area contributed by atoms with Crippen molar-refractivity contribution in [2.75, 3.05) is 37.4 Å². The highest BCUT2D eigenvalue weighted by atomic mass is 16.1. The summed E-state index contributed by atoms with van der Waals surface area (Å²) in [5.41, 5.74) is 2.22. The maximum atomic E-state index is 11.6. The molecule has 0 heterocycles. The molecule has 0 aliphatic heterocycles. The molecular formula is C16H27N3O. The fourth-order valence-corrected chi connectivity index (χ4v) is 1.89. The largest absolute Gasteiger partial charge is 0.385 e. The number of carbonyl (C=O) groups is 1. The summed E-state index contributed by atoms with van der Waals surface area (Å²) in [5, 5.41) is 6.21. The van der Waals surface area contributed by atoms with E-state index in [0.717, 1.165) is 18.7 Å². The van der Waals surface area contributed by atoms with E-state index in [-0.39, 0.29) is 5.91 Å². The zero-order valence-electron chi connectivity index (χ0n) is 12.9. The van der Waals surface area contributed by atoms with Gasteiger partial charge < -0.3 is 15.5 Å². The lowest BCUT2D eigenvalue weighted by atomic mass is 10.2. The molecule has 1 aromatic rings. The van der Waals surface area contributed by atoms with Crippen molar-refractivity contribution in [2.45, 2.75) is 32.6 Å². The average Bonchev–Trinajstić information content (AvgIpc) is 2.44. The Kier molecular flexibility index (Phi) is 7.55. The number of hydrogen-bond acceptors (Lipinski definition) is 3. The maximum Gasteiger partial charge on any atom is 0.221 e. The van der Waals surface area contributed by atoms with Crippen LogP contribution in [-0.4, -0.2) is 33.1 Å². The van der Waals surface area contributed by atoms with Crippen molar-refractivity contribution in [1.29, 1.82) is 0 Å². The Morgan fingerprint density at radius 3 is 2.40 bits per heavy atom. The molecule has 1 rings (SSSR count). The smallest absolute Gasteiger partial charge is 0.221 e. The molecule has 112 valence electrons. The van der Waals surface area contributed by atoms with E-state index >= 15 is 0 Å². The summed E-state index contributed by atoms with van der Waals surface area (Å²) in [7, 11) is 4.04. The molecule has 0 saturated carbocycles. The molecule has 4 heteroatoms. The van der Waals surface area contributed by atoms with Crippen LogP contribution in [0, 0.1) is 0 Å². The van der Waals surface area contributed by atoms with Crippen LogP contribution in [0.25, 0.3) is 0 Å². The van der Waals surface area contributed by atoms with E-state index in [0.29, 0.717) is 13.0 Å². The van der Waals surface area contributed by atoms with Crippen LogP contribution in [0.15, 0.2) is 24.3 Å². The molecular weight excluding hydrogens is 250 g/mol. The molecule has 1 amide bonds. The molecule has 20 heavy (non-hydrogen) atoms. The van der Waals surface area contributed by atoms with Crippen molar-refractivity contribution in [3.05, 3.63) is 24.3 Å². The van der Waals surface area contributed by atoms with Crippen LogP contribution < -0.4 is 15.5 Å². The number of carbonyl (C=O) groups excluding carboxylic acids is 1. The molecule has 0 atom stereocenters. The predicted molar refractivity (Wildman–Crippen MR) is 86.4 cm³/mol. The van der Waals surface area contributed by atoms with E-state index in [4.69, 9.17) is 0 Å². The van der Waals surface area contributed by atoms with Crippen LogP contribution in [0.3, 0.4) is 0 Å². The van der Waals surface area contributed by atoms with Crippen molar-refractivity contribution >= 4 is 17.3 Å². The van der Waals surface area contributed by atoms with Crippen LogP contribution >= 0.6 is 0 Å². The highest BCUT2D eigenvalue weighted by Gasteiger charge is 2.00. The van der Waals surface area contributed by atoms with Crippen LogP contribution in [0.2, 0.25) is 0 Å². The SMILES string of the molecule is CCCCCNC(=O)CCNc1ccc(N(C)C)cc1. The third kappa shape index (κ3) is 6.45. The summed E-state index contributed by atoms with van der Waals surface area (Å²) >= 11 is 0. The van der Waals surface area contributed by atoms with Gasteiger partial charge >= 0.3 is 0 Å². The van der Waals surface area contributed by atoms with Crippen molar-refractivity contribution in [3.8, 4) is 0 Å². The first kappa shape index (κ1) is 16.3. The van der Waals surface area contributed by atoms with Crippen LogP contribution in [0.1, 0.15) is 32.6 Å². The van der Waals surface area contributed by atoms with Crippen molar-refractivity contribution < 1.29 is 4.79 Å². The third-order valence-electron chi connectivity index (χ3n) is 3.17. The minimum atomic E-state index is 0.124. The maximum absolute atomic E-state index is 11.6. The Hall–Kier alpha value is -1.71. The molecule has 2 N–H and O–H groups in total. The number of unbranched alkanes of at least 4 members (excludes halogenated alkanes) is 2. The molecule has 0 saturated heterocycles. The van der Waals surface area contributed by atoms with E-state index < -0.39 is 0 Å². The molecule has 0 aliphatic carbocycles. The first-order chi connectivity index (χ1) is 9.63. The Balaban J connectivity index is 2.18. The van der Waals surface area contributed by atoms with Crippen LogP contribution in [0.5, 0.6) is 0 Å². The van der Waals surface area contributed by atoms with E-state index in [1.54, 1.807) is 0 Å². The normalized spacial score (nSPS) is 10.2. The number of benzene rings is 1. The topological polar surface area (TPSA) is 44.4 Å². The standard InChI is InChI=1S/C16H27N3O/c1-4-5-6-12-18-16(20)11-13-17-14-7-9-15(10-8-14)19(2)3/h7-10,17H,4-6,11-13H2,1-3H3,(H,18,20). The van der Waals surface area contributed by atoms with Crippen molar-refractivity contribution in [2.24, 2.45) is 0 Å². The van der Waals surface area contributed by atoms with Gasteiger partial charge in [-0.2, -0.15) is 0 Å². The van der Waals surface area contributed by atoms with E-state index in [1.165, 1.54) is 18.5 Å². The number of rotatable bonds is 9. The molecule has 0 bridgehead atoms. The van der Waals surface area contributed by atoms with Gasteiger partial charge in [0.25, 0.3) is 0 Å². The van der Waals surface area contributed by atoms with Crippen LogP contribution in [-0.2, 0) is 4.79 Å². The summed E-state index contributed by atoms with van der Waals surface area (Å²) < 4.78 is 0. The van der Waals surface area contributed by atoms with Gasteiger partial charge in [0, 0.05) is 45.0 Å². The second-order valence-corrected chi connectivity index (χ2v) is 5.18. The highest BCUT2D eigenvalue weighted by Crippen LogP contribution is 2.15. The third-order valence-corrected chi connectivity index (χ3v) is 3.17. The summed E-state index contributed by atoms with van der Waals surface area (Å²) in [4.78, 5) is 13.6. The zero-order chi connectivity index (χ0) is 14.8. The Bertz CT molecular complexity index is 387. The number of nitrogens with one attached hydrogen (secondary N) is 2. The Morgan fingerprint density at radius 1 is 1.10 bits per heavy atom. The molecule has 0 fully saturated rings. The summed E-state index contributed by atoms with van der Waals surface area (Å²) in [5.74, 6) is 0.124. The number of nitrogens with zero attached hydrogens (tertiary/aromatic N) is 1. The minimum absolute atomic E-state index is 0.124. The molecule has 0 radical (unpaired) electrons. The zero-order valence-corrected chi connectivity index (χ0v) is 12.9. The molecule has 0 aromatic heterocycles. The quantitative estimate of drug-likeness (QED) is 0.682. The second kappa shape index (κ2) is 9.23. The number of anilines is 2. The van der Waals surface area contributed by atoms with Gasteiger partial charge in [0.05, 0.1) is 0 Å². The fourth-order valence-electron chi connectivity index (χ4n) is 1.89. The van der Waals surface area contributed by atoms with E-state index in [9.17, 15) is 4.79 Å². The lowest BCUT2D eigenvalue weighted by Gasteiger charge is -2.13. The molecule has 0 spiro atoms. The summed E-state index contributed by atoms with van der Waals surface area (Å²) in [6, 6.07) is 8.20. The predicted octanol–water partition coefficient (Wildman–Crippen LogP) is 2.86. The molecule has 0 aliphatic rings. The van der Waals surface area contributed by atoms with Gasteiger partial charge in [-0.05, 0) is 30.7 Å². The summed E-state index contributed by atoms with van der Waals surface area (Å²) in [6.07, 6.45) is 3.94. The van der Waals surface area contributed by atoms with Gasteiger partial charge in [0.2, 0.25) is 5.91 Å². The lowest BCUT2D eigenvalue weighted by molar-refractivity contribution is -0.120. The first-order valence-corrected chi connectivity index (χ1v) is 7.41. The van der Waals surface area contributed by atoms with E-state index in [1.807, 2.05) is 26.2 Å². The van der Waals surface area contributed by atoms with Gasteiger partial charge in [0.1, 0.15) is 0 Å². The second-order valence-electron chi connectivity index (χ2n) is 5.18. The van der Waals surface area contributed by atoms with Crippen molar-refractivity contribution in [1.82, 2.24) is 5.32 Å². The molecule has 1 aromatic carbocycles. The number of amides is 1. The van der Waals surface area contributed by atoms with E-state index in [2.05, 4.69) is 34.6 Å². The Morgan fingerprint density at radius 2 is 1.80 bits per heavy atom. The lowest BCUT2D eigenvalue weighted by Crippen LogP contribution is -2.26. The van der Waals surface area contributed by atoms with Gasteiger partial charge in [-0.15, -0.1) is 0 Å².